The first-order valence-corrected chi connectivity index (χ1v) is 4.50. The lowest BCUT2D eigenvalue weighted by molar-refractivity contribution is 0.374. The van der Waals surface area contributed by atoms with Crippen molar-refractivity contribution in [3.8, 4) is 0 Å². The van der Waals surface area contributed by atoms with Crippen LogP contribution in [-0.4, -0.2) is 10.1 Å². The van der Waals surface area contributed by atoms with Crippen molar-refractivity contribution < 1.29 is 4.52 Å². The number of halogens is 1. The molecule has 0 saturated carbocycles. The zero-order chi connectivity index (χ0) is 8.43. The summed E-state index contributed by atoms with van der Waals surface area (Å²) in [6, 6.07) is 0. The molecule has 0 unspecified atom stereocenters. The average molecular weight is 219 g/mol. The van der Waals surface area contributed by atoms with Gasteiger partial charge in [0.25, 0.3) is 0 Å². The molecule has 1 heterocycles. The second-order valence-corrected chi connectivity index (χ2v) is 4.14. The van der Waals surface area contributed by atoms with E-state index in [-0.39, 0.29) is 4.83 Å². The number of nitrogens with zero attached hydrogens (tertiary/aromatic N) is 2. The van der Waals surface area contributed by atoms with Gasteiger partial charge in [-0.25, -0.2) is 0 Å². The number of alkyl halides is 1. The van der Waals surface area contributed by atoms with Gasteiger partial charge < -0.3 is 4.52 Å². The van der Waals surface area contributed by atoms with Gasteiger partial charge in [0.1, 0.15) is 0 Å². The molecule has 0 aliphatic heterocycles. The van der Waals surface area contributed by atoms with E-state index in [0.29, 0.717) is 11.8 Å². The number of aromatic nitrogens is 2. The molecule has 0 amide bonds. The smallest absolute Gasteiger partial charge is 0.240 e. The number of rotatable bonds is 2. The van der Waals surface area contributed by atoms with E-state index >= 15 is 0 Å². The second kappa shape index (κ2) is 3.34. The fourth-order valence-electron chi connectivity index (χ4n) is 0.643. The molecule has 0 bridgehead atoms. The van der Waals surface area contributed by atoms with Gasteiger partial charge in [-0.2, -0.15) is 4.98 Å². The van der Waals surface area contributed by atoms with E-state index in [0.717, 1.165) is 5.82 Å². The van der Waals surface area contributed by atoms with Crippen LogP contribution in [0.4, 0.5) is 0 Å². The first-order valence-electron chi connectivity index (χ1n) is 3.59. The third-order valence-corrected chi connectivity index (χ3v) is 1.71. The summed E-state index contributed by atoms with van der Waals surface area (Å²) in [5.41, 5.74) is 0. The van der Waals surface area contributed by atoms with Crippen LogP contribution in [0, 0.1) is 0 Å². The summed E-state index contributed by atoms with van der Waals surface area (Å²) in [6.45, 7) is 6.03. The standard InChI is InChI=1S/C7H11BrN2O/c1-4(2)6-9-7(5(3)8)11-10-6/h4-5H,1-3H3/t5-/m0/s1. The van der Waals surface area contributed by atoms with Crippen LogP contribution in [-0.2, 0) is 0 Å². The minimum atomic E-state index is 0.141. The van der Waals surface area contributed by atoms with E-state index in [2.05, 4.69) is 26.1 Å². The van der Waals surface area contributed by atoms with Gasteiger partial charge in [-0.15, -0.1) is 0 Å². The van der Waals surface area contributed by atoms with Crippen molar-refractivity contribution in [2.45, 2.75) is 31.5 Å². The molecule has 1 aromatic rings. The largest absolute Gasteiger partial charge is 0.338 e. The molecule has 1 rings (SSSR count). The lowest BCUT2D eigenvalue weighted by Crippen LogP contribution is -1.90. The van der Waals surface area contributed by atoms with Crippen molar-refractivity contribution in [2.24, 2.45) is 0 Å². The highest BCUT2D eigenvalue weighted by atomic mass is 79.9. The number of hydrogen-bond donors (Lipinski definition) is 0. The van der Waals surface area contributed by atoms with Crippen LogP contribution in [0.25, 0.3) is 0 Å². The van der Waals surface area contributed by atoms with Gasteiger partial charge in [-0.3, -0.25) is 0 Å². The molecule has 1 aromatic heterocycles. The Morgan fingerprint density at radius 2 is 2.00 bits per heavy atom. The van der Waals surface area contributed by atoms with Crippen molar-refractivity contribution in [2.75, 3.05) is 0 Å². The molecule has 0 N–H and O–H groups in total. The van der Waals surface area contributed by atoms with Crippen LogP contribution in [0.3, 0.4) is 0 Å². The molecule has 1 atom stereocenters. The Bertz CT molecular complexity index is 210. The van der Waals surface area contributed by atoms with Gasteiger partial charge in [0, 0.05) is 5.92 Å². The maximum atomic E-state index is 4.98. The highest BCUT2D eigenvalue weighted by molar-refractivity contribution is 9.09. The SMILES string of the molecule is CC(C)c1noc([C@H](C)Br)n1. The van der Waals surface area contributed by atoms with Gasteiger partial charge in [0.15, 0.2) is 5.82 Å². The Morgan fingerprint density at radius 1 is 1.36 bits per heavy atom. The first kappa shape index (κ1) is 8.71. The molecular weight excluding hydrogens is 208 g/mol. The quantitative estimate of drug-likeness (QED) is 0.717. The topological polar surface area (TPSA) is 38.9 Å². The highest BCUT2D eigenvalue weighted by Crippen LogP contribution is 2.20. The third kappa shape index (κ3) is 2.02. The van der Waals surface area contributed by atoms with Crippen molar-refractivity contribution in [1.82, 2.24) is 10.1 Å². The lowest BCUT2D eigenvalue weighted by Gasteiger charge is -1.93. The molecule has 0 aliphatic carbocycles. The van der Waals surface area contributed by atoms with E-state index in [4.69, 9.17) is 4.52 Å². The lowest BCUT2D eigenvalue weighted by atomic mass is 10.2. The Morgan fingerprint density at radius 3 is 2.27 bits per heavy atom. The maximum Gasteiger partial charge on any atom is 0.240 e. The summed E-state index contributed by atoms with van der Waals surface area (Å²) >= 11 is 3.35. The molecular formula is C7H11BrN2O. The van der Waals surface area contributed by atoms with Gasteiger partial charge in [-0.05, 0) is 6.92 Å². The van der Waals surface area contributed by atoms with Gasteiger partial charge in [0.05, 0.1) is 4.83 Å². The molecule has 0 spiro atoms. The third-order valence-electron chi connectivity index (χ3n) is 1.31. The van der Waals surface area contributed by atoms with Crippen LogP contribution in [0.5, 0.6) is 0 Å². The van der Waals surface area contributed by atoms with E-state index < -0.39 is 0 Å². The summed E-state index contributed by atoms with van der Waals surface area (Å²) in [5, 5.41) is 3.82. The maximum absolute atomic E-state index is 4.98. The van der Waals surface area contributed by atoms with Crippen molar-refractivity contribution in [3.05, 3.63) is 11.7 Å². The fraction of sp³-hybridized carbons (Fsp3) is 0.714. The minimum absolute atomic E-state index is 0.141. The molecule has 0 fully saturated rings. The molecule has 11 heavy (non-hydrogen) atoms. The summed E-state index contributed by atoms with van der Waals surface area (Å²) < 4.78 is 4.98. The van der Waals surface area contributed by atoms with Crippen molar-refractivity contribution in [3.63, 3.8) is 0 Å². The molecule has 62 valence electrons. The molecule has 4 heteroatoms. The normalized spacial score (nSPS) is 13.9. The predicted molar refractivity (Wildman–Crippen MR) is 45.7 cm³/mol. The Kier molecular flexibility index (Phi) is 2.65. The van der Waals surface area contributed by atoms with Crippen LogP contribution in [0.1, 0.15) is 43.2 Å². The van der Waals surface area contributed by atoms with E-state index in [1.807, 2.05) is 20.8 Å². The Hall–Kier alpha value is -0.380. The van der Waals surface area contributed by atoms with Crippen LogP contribution in [0.15, 0.2) is 4.52 Å². The van der Waals surface area contributed by atoms with Crippen LogP contribution < -0.4 is 0 Å². The fourth-order valence-corrected chi connectivity index (χ4v) is 0.829. The zero-order valence-electron chi connectivity index (χ0n) is 6.84. The van der Waals surface area contributed by atoms with Gasteiger partial charge >= 0.3 is 0 Å². The van der Waals surface area contributed by atoms with Gasteiger partial charge in [-0.1, -0.05) is 34.9 Å². The average Bonchev–Trinajstić information content (AvgIpc) is 2.33. The van der Waals surface area contributed by atoms with E-state index in [1.165, 1.54) is 0 Å². The van der Waals surface area contributed by atoms with Crippen LogP contribution >= 0.6 is 15.9 Å². The minimum Gasteiger partial charge on any atom is -0.338 e. The van der Waals surface area contributed by atoms with E-state index in [1.54, 1.807) is 0 Å². The predicted octanol–water partition coefficient (Wildman–Crippen LogP) is 2.65. The second-order valence-electron chi connectivity index (χ2n) is 2.76. The highest BCUT2D eigenvalue weighted by Gasteiger charge is 2.12. The molecule has 0 aliphatic rings. The monoisotopic (exact) mass is 218 g/mol. The van der Waals surface area contributed by atoms with E-state index in [9.17, 15) is 0 Å². The zero-order valence-corrected chi connectivity index (χ0v) is 8.42. The summed E-state index contributed by atoms with van der Waals surface area (Å²) in [6.07, 6.45) is 0. The summed E-state index contributed by atoms with van der Waals surface area (Å²) in [4.78, 5) is 4.33. The Labute approximate surface area is 74.3 Å². The first-order chi connectivity index (χ1) is 5.11. The molecule has 0 radical (unpaired) electrons. The van der Waals surface area contributed by atoms with Crippen molar-refractivity contribution >= 4 is 15.9 Å². The molecule has 0 saturated heterocycles. The van der Waals surface area contributed by atoms with Crippen molar-refractivity contribution in [1.29, 1.82) is 0 Å². The summed E-state index contributed by atoms with van der Waals surface area (Å²) in [7, 11) is 0. The summed E-state index contributed by atoms with van der Waals surface area (Å²) in [5.74, 6) is 1.75. The number of hydrogen-bond acceptors (Lipinski definition) is 3. The molecule has 3 nitrogen and oxygen atoms in total. The van der Waals surface area contributed by atoms with Gasteiger partial charge in [0.2, 0.25) is 5.89 Å². The van der Waals surface area contributed by atoms with Crippen LogP contribution in [0.2, 0.25) is 0 Å². The Balaban J connectivity index is 2.82. The molecule has 0 aromatic carbocycles.